The lowest BCUT2D eigenvalue weighted by molar-refractivity contribution is -0.143. The van der Waals surface area contributed by atoms with Crippen LogP contribution in [0.2, 0.25) is 0 Å². The second kappa shape index (κ2) is 10.0. The summed E-state index contributed by atoms with van der Waals surface area (Å²) < 4.78 is 10.9. The van der Waals surface area contributed by atoms with Gasteiger partial charge in [-0.3, -0.25) is 0 Å². The highest BCUT2D eigenvalue weighted by Gasteiger charge is 2.34. The van der Waals surface area contributed by atoms with Gasteiger partial charge in [-0.2, -0.15) is 0 Å². The molecule has 3 aromatic rings. The normalized spacial score (nSPS) is 15.4. The third kappa shape index (κ3) is 5.15. The van der Waals surface area contributed by atoms with Crippen LogP contribution in [0.3, 0.4) is 0 Å². The molecule has 0 radical (unpaired) electrons. The molecule has 7 nitrogen and oxygen atoms in total. The van der Waals surface area contributed by atoms with Crippen molar-refractivity contribution in [3.8, 4) is 5.75 Å². The SMILES string of the molecule is CC(C)OC(=O)C1=C(c2ccccc2)NC(=O)NC1c1ccc(OC(=O)c2ccccc2)cc1. The number of hydrogen-bond acceptors (Lipinski definition) is 5. The predicted octanol–water partition coefficient (Wildman–Crippen LogP) is 4.62. The summed E-state index contributed by atoms with van der Waals surface area (Å²) in [6.45, 7) is 3.53. The van der Waals surface area contributed by atoms with Gasteiger partial charge >= 0.3 is 18.0 Å². The molecule has 0 aromatic heterocycles. The number of ether oxygens (including phenoxy) is 2. The number of carbonyl (C=O) groups is 3. The summed E-state index contributed by atoms with van der Waals surface area (Å²) in [5.74, 6) is -0.668. The summed E-state index contributed by atoms with van der Waals surface area (Å²) in [4.78, 5) is 38.0. The molecular formula is C27H24N2O5. The minimum absolute atomic E-state index is 0.286. The molecule has 2 N–H and O–H groups in total. The first kappa shape index (κ1) is 22.8. The lowest BCUT2D eigenvalue weighted by Gasteiger charge is -2.30. The molecule has 3 aromatic carbocycles. The van der Waals surface area contributed by atoms with Gasteiger partial charge in [0.15, 0.2) is 0 Å². The van der Waals surface area contributed by atoms with Crippen LogP contribution in [0, 0.1) is 0 Å². The van der Waals surface area contributed by atoms with Gasteiger partial charge in [0.1, 0.15) is 5.75 Å². The van der Waals surface area contributed by atoms with E-state index < -0.39 is 24.0 Å². The van der Waals surface area contributed by atoms with Gasteiger partial charge in [-0.15, -0.1) is 0 Å². The van der Waals surface area contributed by atoms with Crippen LogP contribution in [-0.4, -0.2) is 24.1 Å². The lowest BCUT2D eigenvalue weighted by Crippen LogP contribution is -2.45. The van der Waals surface area contributed by atoms with Gasteiger partial charge in [0.2, 0.25) is 0 Å². The number of amides is 2. The average molecular weight is 456 g/mol. The predicted molar refractivity (Wildman–Crippen MR) is 127 cm³/mol. The first-order chi connectivity index (χ1) is 16.4. The fourth-order valence-corrected chi connectivity index (χ4v) is 3.61. The summed E-state index contributed by atoms with van der Waals surface area (Å²) in [6, 6.07) is 23.3. The van der Waals surface area contributed by atoms with Crippen LogP contribution < -0.4 is 15.4 Å². The van der Waals surface area contributed by atoms with Gasteiger partial charge < -0.3 is 20.1 Å². The fraction of sp³-hybridized carbons (Fsp3) is 0.148. The molecule has 0 saturated carbocycles. The Balaban J connectivity index is 1.67. The molecule has 7 heteroatoms. The Morgan fingerprint density at radius 2 is 1.44 bits per heavy atom. The molecule has 172 valence electrons. The summed E-state index contributed by atoms with van der Waals surface area (Å²) >= 11 is 0. The van der Waals surface area contributed by atoms with E-state index >= 15 is 0 Å². The minimum Gasteiger partial charge on any atom is -0.459 e. The first-order valence-corrected chi connectivity index (χ1v) is 10.9. The average Bonchev–Trinajstić information content (AvgIpc) is 2.84. The van der Waals surface area contributed by atoms with E-state index in [9.17, 15) is 14.4 Å². The van der Waals surface area contributed by atoms with E-state index in [-0.39, 0.29) is 11.7 Å². The number of nitrogens with one attached hydrogen (secondary N) is 2. The van der Waals surface area contributed by atoms with E-state index in [4.69, 9.17) is 9.47 Å². The highest BCUT2D eigenvalue weighted by atomic mass is 16.5. The molecular weight excluding hydrogens is 432 g/mol. The molecule has 1 unspecified atom stereocenters. The van der Waals surface area contributed by atoms with Crippen LogP contribution in [-0.2, 0) is 9.53 Å². The van der Waals surface area contributed by atoms with Crippen molar-refractivity contribution in [1.29, 1.82) is 0 Å². The maximum atomic E-state index is 13.1. The second-order valence-corrected chi connectivity index (χ2v) is 7.96. The Kier molecular flexibility index (Phi) is 6.73. The van der Waals surface area contributed by atoms with Crippen molar-refractivity contribution in [2.75, 3.05) is 0 Å². The van der Waals surface area contributed by atoms with Crippen molar-refractivity contribution in [2.45, 2.75) is 26.0 Å². The monoisotopic (exact) mass is 456 g/mol. The van der Waals surface area contributed by atoms with E-state index in [1.165, 1.54) is 0 Å². The molecule has 1 atom stereocenters. The van der Waals surface area contributed by atoms with E-state index in [1.807, 2.05) is 36.4 Å². The van der Waals surface area contributed by atoms with E-state index in [0.717, 1.165) is 0 Å². The van der Waals surface area contributed by atoms with E-state index in [2.05, 4.69) is 10.6 Å². The van der Waals surface area contributed by atoms with Gasteiger partial charge in [0, 0.05) is 0 Å². The van der Waals surface area contributed by atoms with Crippen LogP contribution in [0.5, 0.6) is 5.75 Å². The molecule has 34 heavy (non-hydrogen) atoms. The number of hydrogen-bond donors (Lipinski definition) is 2. The highest BCUT2D eigenvalue weighted by molar-refractivity contribution is 6.04. The lowest BCUT2D eigenvalue weighted by atomic mass is 9.92. The number of esters is 2. The molecule has 0 aliphatic carbocycles. The van der Waals surface area contributed by atoms with Gasteiger partial charge in [0.25, 0.3) is 0 Å². The van der Waals surface area contributed by atoms with Crippen molar-refractivity contribution < 1.29 is 23.9 Å². The third-order valence-electron chi connectivity index (χ3n) is 5.13. The van der Waals surface area contributed by atoms with Crippen molar-refractivity contribution in [3.05, 3.63) is 107 Å². The van der Waals surface area contributed by atoms with Crippen LogP contribution in [0.1, 0.15) is 41.4 Å². The summed E-state index contributed by atoms with van der Waals surface area (Å²) in [5.41, 5.74) is 2.43. The number of rotatable bonds is 6. The topological polar surface area (TPSA) is 93.7 Å². The molecule has 1 aliphatic heterocycles. The minimum atomic E-state index is -0.755. The highest BCUT2D eigenvalue weighted by Crippen LogP contribution is 2.33. The Morgan fingerprint density at radius 3 is 2.06 bits per heavy atom. The summed E-state index contributed by atoms with van der Waals surface area (Å²) in [7, 11) is 0. The van der Waals surface area contributed by atoms with Crippen molar-refractivity contribution in [3.63, 3.8) is 0 Å². The fourth-order valence-electron chi connectivity index (χ4n) is 3.61. The van der Waals surface area contributed by atoms with Crippen LogP contribution in [0.25, 0.3) is 5.70 Å². The van der Waals surface area contributed by atoms with Gasteiger partial charge in [-0.05, 0) is 49.2 Å². The number of benzene rings is 3. The van der Waals surface area contributed by atoms with Gasteiger partial charge in [-0.1, -0.05) is 60.7 Å². The zero-order chi connectivity index (χ0) is 24.1. The zero-order valence-corrected chi connectivity index (χ0v) is 18.8. The zero-order valence-electron chi connectivity index (χ0n) is 18.8. The summed E-state index contributed by atoms with van der Waals surface area (Å²) in [5, 5.41) is 5.56. The molecule has 2 amide bonds. The molecule has 1 aliphatic rings. The van der Waals surface area contributed by atoms with Crippen LogP contribution in [0.15, 0.2) is 90.5 Å². The van der Waals surface area contributed by atoms with E-state index in [1.54, 1.807) is 62.4 Å². The largest absolute Gasteiger partial charge is 0.459 e. The van der Waals surface area contributed by atoms with Crippen LogP contribution in [0.4, 0.5) is 4.79 Å². The van der Waals surface area contributed by atoms with Crippen LogP contribution >= 0.6 is 0 Å². The standard InChI is InChI=1S/C27H24N2O5/c1-17(2)33-26(31)22-23(18-9-5-3-6-10-18)28-27(32)29-24(22)19-13-15-21(16-14-19)34-25(30)20-11-7-4-8-12-20/h3-17,24H,1-2H3,(H2,28,29,32). The quantitative estimate of drug-likeness (QED) is 0.417. The maximum Gasteiger partial charge on any atom is 0.343 e. The molecule has 0 bridgehead atoms. The van der Waals surface area contributed by atoms with Crippen molar-refractivity contribution >= 4 is 23.7 Å². The number of urea groups is 1. The Labute approximate surface area is 197 Å². The Morgan fingerprint density at radius 1 is 0.824 bits per heavy atom. The van der Waals surface area contributed by atoms with Crippen molar-refractivity contribution in [2.24, 2.45) is 0 Å². The molecule has 0 saturated heterocycles. The molecule has 4 rings (SSSR count). The Hall–Kier alpha value is -4.39. The Bertz CT molecular complexity index is 1220. The smallest absolute Gasteiger partial charge is 0.343 e. The van der Waals surface area contributed by atoms with Gasteiger partial charge in [-0.25, -0.2) is 14.4 Å². The molecule has 1 heterocycles. The summed E-state index contributed by atoms with van der Waals surface area (Å²) in [6.07, 6.45) is -0.338. The first-order valence-electron chi connectivity index (χ1n) is 10.9. The van der Waals surface area contributed by atoms with E-state index in [0.29, 0.717) is 28.1 Å². The number of carbonyl (C=O) groups excluding carboxylic acids is 3. The van der Waals surface area contributed by atoms with Crippen molar-refractivity contribution in [1.82, 2.24) is 10.6 Å². The second-order valence-electron chi connectivity index (χ2n) is 7.96. The molecule has 0 fully saturated rings. The molecule has 0 spiro atoms. The third-order valence-corrected chi connectivity index (χ3v) is 5.13. The van der Waals surface area contributed by atoms with Gasteiger partial charge in [0.05, 0.1) is 29.0 Å². The maximum absolute atomic E-state index is 13.1.